The van der Waals surface area contributed by atoms with E-state index in [1.54, 1.807) is 12.1 Å². The van der Waals surface area contributed by atoms with Gasteiger partial charge in [0.15, 0.2) is 0 Å². The number of nitrogen functional groups attached to an aromatic ring is 1. The van der Waals surface area contributed by atoms with Crippen LogP contribution in [0.2, 0.25) is 5.02 Å². The maximum Gasteiger partial charge on any atom is 0.124 e. The fourth-order valence-corrected chi connectivity index (χ4v) is 2.10. The molecule has 0 amide bonds. The lowest BCUT2D eigenvalue weighted by Gasteiger charge is -2.22. The number of halogens is 1. The van der Waals surface area contributed by atoms with Crippen molar-refractivity contribution in [3.05, 3.63) is 58.6 Å². The number of amidine groups is 1. The second kappa shape index (κ2) is 5.33. The predicted octanol–water partition coefficient (Wildman–Crippen LogP) is 3.70. The molecule has 0 saturated heterocycles. The quantitative estimate of drug-likeness (QED) is 0.662. The number of benzene rings is 2. The van der Waals surface area contributed by atoms with E-state index >= 15 is 0 Å². The van der Waals surface area contributed by atoms with E-state index in [0.717, 1.165) is 11.4 Å². The van der Waals surface area contributed by atoms with E-state index in [0.29, 0.717) is 10.6 Å². The molecule has 0 unspecified atom stereocenters. The Morgan fingerprint density at radius 3 is 2.37 bits per heavy atom. The van der Waals surface area contributed by atoms with Crippen LogP contribution in [0, 0.1) is 12.3 Å². The standard InChI is InChI=1S/C15H16ClN3/c1-10-3-6-12(7-4-10)19(2)14-8-5-11(16)9-13(14)15(17)18/h3-9H,1-2H3,(H3,17,18). The third kappa shape index (κ3) is 2.88. The van der Waals surface area contributed by atoms with Crippen molar-refractivity contribution in [1.82, 2.24) is 0 Å². The van der Waals surface area contributed by atoms with Gasteiger partial charge in [-0.15, -0.1) is 0 Å². The van der Waals surface area contributed by atoms with Gasteiger partial charge < -0.3 is 10.6 Å². The highest BCUT2D eigenvalue weighted by atomic mass is 35.5. The van der Waals surface area contributed by atoms with Crippen LogP contribution in [-0.4, -0.2) is 12.9 Å². The zero-order valence-corrected chi connectivity index (χ0v) is 11.7. The van der Waals surface area contributed by atoms with Crippen LogP contribution in [0.1, 0.15) is 11.1 Å². The van der Waals surface area contributed by atoms with Crippen molar-refractivity contribution >= 4 is 28.8 Å². The first-order chi connectivity index (χ1) is 8.99. The van der Waals surface area contributed by atoms with Gasteiger partial charge in [-0.2, -0.15) is 0 Å². The van der Waals surface area contributed by atoms with E-state index in [4.69, 9.17) is 22.7 Å². The van der Waals surface area contributed by atoms with Gasteiger partial charge in [-0.3, -0.25) is 5.41 Å². The SMILES string of the molecule is Cc1ccc(N(C)c2ccc(Cl)cc2C(=N)N)cc1. The normalized spacial score (nSPS) is 10.3. The van der Waals surface area contributed by atoms with Crippen molar-refractivity contribution in [2.45, 2.75) is 6.92 Å². The van der Waals surface area contributed by atoms with Gasteiger partial charge in [-0.25, -0.2) is 0 Å². The number of nitrogens with zero attached hydrogens (tertiary/aromatic N) is 1. The van der Waals surface area contributed by atoms with Crippen LogP contribution in [-0.2, 0) is 0 Å². The molecule has 0 aliphatic heterocycles. The highest BCUT2D eigenvalue weighted by Gasteiger charge is 2.11. The number of nitrogens with two attached hydrogens (primary N) is 1. The first-order valence-electron chi connectivity index (χ1n) is 5.93. The Balaban J connectivity index is 2.46. The molecule has 0 bridgehead atoms. The van der Waals surface area contributed by atoms with Gasteiger partial charge in [0, 0.05) is 23.3 Å². The molecule has 2 aromatic rings. The van der Waals surface area contributed by atoms with Crippen molar-refractivity contribution in [1.29, 1.82) is 5.41 Å². The Labute approximate surface area is 118 Å². The minimum Gasteiger partial charge on any atom is -0.384 e. The summed E-state index contributed by atoms with van der Waals surface area (Å²) in [5, 5.41) is 8.23. The summed E-state index contributed by atoms with van der Waals surface area (Å²) >= 11 is 5.96. The van der Waals surface area contributed by atoms with E-state index < -0.39 is 0 Å². The minimum absolute atomic E-state index is 0.0106. The Morgan fingerprint density at radius 2 is 1.79 bits per heavy atom. The third-order valence-corrected chi connectivity index (χ3v) is 3.27. The fourth-order valence-electron chi connectivity index (χ4n) is 1.92. The first kappa shape index (κ1) is 13.4. The van der Waals surface area contributed by atoms with Gasteiger partial charge in [0.05, 0.1) is 5.69 Å². The lowest BCUT2D eigenvalue weighted by molar-refractivity contribution is 1.19. The first-order valence-corrected chi connectivity index (χ1v) is 6.31. The summed E-state index contributed by atoms with van der Waals surface area (Å²) in [7, 11) is 1.94. The average molecular weight is 274 g/mol. The van der Waals surface area contributed by atoms with Gasteiger partial charge in [0.25, 0.3) is 0 Å². The highest BCUT2D eigenvalue weighted by Crippen LogP contribution is 2.29. The molecule has 0 fully saturated rings. The number of hydrogen-bond acceptors (Lipinski definition) is 2. The summed E-state index contributed by atoms with van der Waals surface area (Å²) in [5.41, 5.74) is 9.36. The molecule has 0 spiro atoms. The van der Waals surface area contributed by atoms with E-state index in [9.17, 15) is 0 Å². The van der Waals surface area contributed by atoms with Crippen molar-refractivity contribution in [2.24, 2.45) is 5.73 Å². The number of anilines is 2. The number of rotatable bonds is 3. The molecule has 98 valence electrons. The lowest BCUT2D eigenvalue weighted by Crippen LogP contribution is -2.18. The molecule has 0 atom stereocenters. The molecule has 2 rings (SSSR count). The van der Waals surface area contributed by atoms with Crippen molar-refractivity contribution in [2.75, 3.05) is 11.9 Å². The topological polar surface area (TPSA) is 53.1 Å². The Kier molecular flexibility index (Phi) is 3.76. The smallest absolute Gasteiger partial charge is 0.124 e. The lowest BCUT2D eigenvalue weighted by atomic mass is 10.1. The second-order valence-electron chi connectivity index (χ2n) is 4.47. The highest BCUT2D eigenvalue weighted by molar-refractivity contribution is 6.31. The minimum atomic E-state index is 0.0106. The van der Waals surface area contributed by atoms with Crippen LogP contribution in [0.5, 0.6) is 0 Å². The molecule has 2 aromatic carbocycles. The molecular formula is C15H16ClN3. The summed E-state index contributed by atoms with van der Waals surface area (Å²) in [4.78, 5) is 1.99. The molecule has 19 heavy (non-hydrogen) atoms. The molecular weight excluding hydrogens is 258 g/mol. The summed E-state index contributed by atoms with van der Waals surface area (Å²) in [5.74, 6) is 0.0106. The zero-order chi connectivity index (χ0) is 14.0. The van der Waals surface area contributed by atoms with E-state index in [1.165, 1.54) is 5.56 Å². The van der Waals surface area contributed by atoms with Gasteiger partial charge in [0.2, 0.25) is 0 Å². The van der Waals surface area contributed by atoms with Crippen LogP contribution in [0.25, 0.3) is 0 Å². The largest absolute Gasteiger partial charge is 0.384 e. The molecule has 0 aliphatic carbocycles. The molecule has 0 saturated carbocycles. The van der Waals surface area contributed by atoms with Crippen molar-refractivity contribution in [3.63, 3.8) is 0 Å². The van der Waals surface area contributed by atoms with E-state index in [1.807, 2.05) is 37.1 Å². The molecule has 3 nitrogen and oxygen atoms in total. The van der Waals surface area contributed by atoms with Crippen molar-refractivity contribution < 1.29 is 0 Å². The van der Waals surface area contributed by atoms with Gasteiger partial charge >= 0.3 is 0 Å². The van der Waals surface area contributed by atoms with Gasteiger partial charge in [-0.05, 0) is 37.3 Å². The monoisotopic (exact) mass is 273 g/mol. The number of hydrogen-bond donors (Lipinski definition) is 2. The van der Waals surface area contributed by atoms with E-state index in [-0.39, 0.29) is 5.84 Å². The van der Waals surface area contributed by atoms with Gasteiger partial charge in [-0.1, -0.05) is 29.3 Å². The van der Waals surface area contributed by atoms with Crippen LogP contribution >= 0.6 is 11.6 Å². The number of aryl methyl sites for hydroxylation is 1. The molecule has 0 aromatic heterocycles. The maximum atomic E-state index is 7.66. The van der Waals surface area contributed by atoms with Crippen LogP contribution in [0.15, 0.2) is 42.5 Å². The van der Waals surface area contributed by atoms with Crippen molar-refractivity contribution in [3.8, 4) is 0 Å². The van der Waals surface area contributed by atoms with Gasteiger partial charge in [0.1, 0.15) is 5.84 Å². The summed E-state index contributed by atoms with van der Waals surface area (Å²) in [6.45, 7) is 2.05. The Morgan fingerprint density at radius 1 is 1.16 bits per heavy atom. The predicted molar refractivity (Wildman–Crippen MR) is 81.7 cm³/mol. The summed E-state index contributed by atoms with van der Waals surface area (Å²) in [6.07, 6.45) is 0. The second-order valence-corrected chi connectivity index (χ2v) is 4.91. The van der Waals surface area contributed by atoms with Crippen LogP contribution in [0.3, 0.4) is 0 Å². The Bertz CT molecular complexity index is 605. The number of nitrogens with one attached hydrogen (secondary N) is 1. The summed E-state index contributed by atoms with van der Waals surface area (Å²) in [6, 6.07) is 13.6. The van der Waals surface area contributed by atoms with Crippen LogP contribution < -0.4 is 10.6 Å². The molecule has 0 heterocycles. The van der Waals surface area contributed by atoms with E-state index in [2.05, 4.69) is 12.1 Å². The Hall–Kier alpha value is -2.00. The molecule has 3 N–H and O–H groups in total. The third-order valence-electron chi connectivity index (χ3n) is 3.03. The molecule has 0 aliphatic rings. The fraction of sp³-hybridized carbons (Fsp3) is 0.133. The maximum absolute atomic E-state index is 7.66. The molecule has 4 heteroatoms. The average Bonchev–Trinajstić information content (AvgIpc) is 2.38. The summed E-state index contributed by atoms with van der Waals surface area (Å²) < 4.78 is 0. The van der Waals surface area contributed by atoms with Crippen LogP contribution in [0.4, 0.5) is 11.4 Å². The zero-order valence-electron chi connectivity index (χ0n) is 10.9. The molecule has 0 radical (unpaired) electrons.